The van der Waals surface area contributed by atoms with Gasteiger partial charge in [-0.15, -0.1) is 0 Å². The SMILES string of the molecule is OCC1c2ccccc2CCN1P. The third kappa shape index (κ3) is 1.62. The number of nitrogens with zero attached hydrogens (tertiary/aromatic N) is 1. The lowest BCUT2D eigenvalue weighted by Gasteiger charge is -2.32. The number of benzene rings is 1. The molecular weight excluding hydrogens is 181 g/mol. The molecule has 1 aromatic carbocycles. The molecule has 1 N–H and O–H groups in total. The number of rotatable bonds is 1. The van der Waals surface area contributed by atoms with Crippen molar-refractivity contribution in [1.29, 1.82) is 0 Å². The Balaban J connectivity index is 2.39. The summed E-state index contributed by atoms with van der Waals surface area (Å²) < 4.78 is 2.13. The van der Waals surface area contributed by atoms with Crippen molar-refractivity contribution in [2.24, 2.45) is 0 Å². The molecule has 1 aliphatic rings. The highest BCUT2D eigenvalue weighted by atomic mass is 31.0. The van der Waals surface area contributed by atoms with E-state index in [-0.39, 0.29) is 12.6 Å². The number of aliphatic hydroxyl groups is 1. The van der Waals surface area contributed by atoms with Gasteiger partial charge in [0, 0.05) is 6.54 Å². The average molecular weight is 195 g/mol. The minimum atomic E-state index is 0.162. The van der Waals surface area contributed by atoms with E-state index in [2.05, 4.69) is 32.3 Å². The maximum absolute atomic E-state index is 9.25. The van der Waals surface area contributed by atoms with Gasteiger partial charge in [0.05, 0.1) is 12.6 Å². The first-order valence-electron chi connectivity index (χ1n) is 4.53. The van der Waals surface area contributed by atoms with Gasteiger partial charge in [0.25, 0.3) is 0 Å². The van der Waals surface area contributed by atoms with Crippen molar-refractivity contribution in [3.63, 3.8) is 0 Å². The molecule has 0 aliphatic carbocycles. The molecule has 1 aliphatic heterocycles. The van der Waals surface area contributed by atoms with Crippen molar-refractivity contribution in [3.8, 4) is 0 Å². The van der Waals surface area contributed by atoms with E-state index in [4.69, 9.17) is 0 Å². The molecule has 3 heteroatoms. The van der Waals surface area contributed by atoms with Crippen molar-refractivity contribution >= 4 is 9.39 Å². The lowest BCUT2D eigenvalue weighted by atomic mass is 9.95. The van der Waals surface area contributed by atoms with Gasteiger partial charge in [-0.25, -0.2) is 0 Å². The number of aliphatic hydroxyl groups excluding tert-OH is 1. The maximum Gasteiger partial charge on any atom is 0.0631 e. The van der Waals surface area contributed by atoms with Crippen LogP contribution in [0, 0.1) is 0 Å². The quantitative estimate of drug-likeness (QED) is 0.684. The summed E-state index contributed by atoms with van der Waals surface area (Å²) in [6.45, 7) is 1.20. The molecule has 2 nitrogen and oxygen atoms in total. The fourth-order valence-corrected chi connectivity index (χ4v) is 2.26. The third-order valence-electron chi connectivity index (χ3n) is 2.63. The summed E-state index contributed by atoms with van der Waals surface area (Å²) >= 11 is 0. The highest BCUT2D eigenvalue weighted by Crippen LogP contribution is 2.31. The van der Waals surface area contributed by atoms with Gasteiger partial charge in [-0.1, -0.05) is 33.7 Å². The normalized spacial score (nSPS) is 22.8. The van der Waals surface area contributed by atoms with E-state index in [1.165, 1.54) is 11.1 Å². The van der Waals surface area contributed by atoms with E-state index in [1.807, 2.05) is 6.07 Å². The fourth-order valence-electron chi connectivity index (χ4n) is 1.87. The van der Waals surface area contributed by atoms with Crippen LogP contribution < -0.4 is 0 Å². The van der Waals surface area contributed by atoms with Crippen molar-refractivity contribution < 1.29 is 5.11 Å². The summed E-state index contributed by atoms with van der Waals surface area (Å²) in [6.07, 6.45) is 1.08. The Hall–Kier alpha value is -0.430. The van der Waals surface area contributed by atoms with Gasteiger partial charge < -0.3 is 5.11 Å². The minimum absolute atomic E-state index is 0.162. The van der Waals surface area contributed by atoms with Crippen LogP contribution in [0.15, 0.2) is 24.3 Å². The number of fused-ring (bicyclic) bond motifs is 1. The molecule has 0 radical (unpaired) electrons. The van der Waals surface area contributed by atoms with Crippen LogP contribution in [0.25, 0.3) is 0 Å². The van der Waals surface area contributed by atoms with Crippen molar-refractivity contribution in [3.05, 3.63) is 35.4 Å². The van der Waals surface area contributed by atoms with Gasteiger partial charge in [0.1, 0.15) is 0 Å². The van der Waals surface area contributed by atoms with E-state index in [0.717, 1.165) is 13.0 Å². The first-order valence-corrected chi connectivity index (χ1v) is 5.04. The van der Waals surface area contributed by atoms with Crippen LogP contribution in [0.2, 0.25) is 0 Å². The Kier molecular flexibility index (Phi) is 2.63. The molecule has 2 rings (SSSR count). The van der Waals surface area contributed by atoms with Gasteiger partial charge >= 0.3 is 0 Å². The zero-order valence-electron chi connectivity index (χ0n) is 7.48. The summed E-state index contributed by atoms with van der Waals surface area (Å²) in [7, 11) is 2.68. The van der Waals surface area contributed by atoms with E-state index >= 15 is 0 Å². The molecule has 0 fully saturated rings. The smallest absolute Gasteiger partial charge is 0.0631 e. The van der Waals surface area contributed by atoms with Gasteiger partial charge in [-0.05, 0) is 17.5 Å². The highest BCUT2D eigenvalue weighted by Gasteiger charge is 2.23. The Morgan fingerprint density at radius 1 is 1.46 bits per heavy atom. The molecule has 2 unspecified atom stereocenters. The molecule has 1 aromatic rings. The number of hydrogen-bond acceptors (Lipinski definition) is 2. The van der Waals surface area contributed by atoms with Crippen LogP contribution in [-0.4, -0.2) is 22.9 Å². The second-order valence-electron chi connectivity index (χ2n) is 3.39. The summed E-state index contributed by atoms with van der Waals surface area (Å²) in [5.41, 5.74) is 2.64. The Morgan fingerprint density at radius 3 is 3.00 bits per heavy atom. The maximum atomic E-state index is 9.25. The zero-order chi connectivity index (χ0) is 9.26. The Morgan fingerprint density at radius 2 is 2.23 bits per heavy atom. The van der Waals surface area contributed by atoms with Gasteiger partial charge in [0.2, 0.25) is 0 Å². The average Bonchev–Trinajstić information content (AvgIpc) is 2.18. The van der Waals surface area contributed by atoms with Crippen LogP contribution in [0.5, 0.6) is 0 Å². The topological polar surface area (TPSA) is 23.5 Å². The van der Waals surface area contributed by atoms with Crippen LogP contribution in [-0.2, 0) is 6.42 Å². The number of hydrogen-bond donors (Lipinski definition) is 1. The molecule has 0 saturated heterocycles. The molecule has 0 aromatic heterocycles. The molecular formula is C10H14NOP. The van der Waals surface area contributed by atoms with Crippen LogP contribution >= 0.6 is 9.39 Å². The van der Waals surface area contributed by atoms with Gasteiger partial charge in [0.15, 0.2) is 0 Å². The molecule has 13 heavy (non-hydrogen) atoms. The second kappa shape index (κ2) is 3.75. The highest BCUT2D eigenvalue weighted by molar-refractivity contribution is 7.13. The van der Waals surface area contributed by atoms with Crippen molar-refractivity contribution in [2.75, 3.05) is 13.2 Å². The van der Waals surface area contributed by atoms with Crippen molar-refractivity contribution in [2.45, 2.75) is 12.5 Å². The van der Waals surface area contributed by atoms with E-state index in [1.54, 1.807) is 0 Å². The standard InChI is InChI=1S/C10H14NOP/c12-7-10-9-4-2-1-3-8(9)5-6-11(10)13/h1-4,10,12H,5-7,13H2. The molecule has 0 bridgehead atoms. The van der Waals surface area contributed by atoms with Crippen molar-refractivity contribution in [1.82, 2.24) is 4.67 Å². The molecule has 0 spiro atoms. The molecule has 0 saturated carbocycles. The predicted molar refractivity (Wildman–Crippen MR) is 56.4 cm³/mol. The second-order valence-corrected chi connectivity index (χ2v) is 4.05. The first-order chi connectivity index (χ1) is 6.33. The molecule has 70 valence electrons. The fraction of sp³-hybridized carbons (Fsp3) is 0.400. The minimum Gasteiger partial charge on any atom is -0.394 e. The summed E-state index contributed by atoms with van der Waals surface area (Å²) in [5.74, 6) is 0. The van der Waals surface area contributed by atoms with Gasteiger partial charge in [-0.2, -0.15) is 0 Å². The van der Waals surface area contributed by atoms with Crippen LogP contribution in [0.1, 0.15) is 17.2 Å². The molecule has 2 atom stereocenters. The van der Waals surface area contributed by atoms with E-state index in [0.29, 0.717) is 0 Å². The lowest BCUT2D eigenvalue weighted by Crippen LogP contribution is -2.29. The Bertz CT molecular complexity index is 303. The predicted octanol–water partition coefficient (Wildman–Crippen LogP) is 1.37. The molecule has 0 amide bonds. The first kappa shape index (κ1) is 9.14. The summed E-state index contributed by atoms with van der Waals surface area (Å²) in [5, 5.41) is 9.25. The lowest BCUT2D eigenvalue weighted by molar-refractivity contribution is 0.189. The largest absolute Gasteiger partial charge is 0.394 e. The summed E-state index contributed by atoms with van der Waals surface area (Å²) in [6, 6.07) is 8.51. The van der Waals surface area contributed by atoms with Crippen LogP contribution in [0.3, 0.4) is 0 Å². The van der Waals surface area contributed by atoms with Crippen LogP contribution in [0.4, 0.5) is 0 Å². The third-order valence-corrected chi connectivity index (χ3v) is 3.24. The zero-order valence-corrected chi connectivity index (χ0v) is 8.63. The van der Waals surface area contributed by atoms with E-state index < -0.39 is 0 Å². The Labute approximate surface area is 80.8 Å². The summed E-state index contributed by atoms with van der Waals surface area (Å²) in [4.78, 5) is 0. The monoisotopic (exact) mass is 195 g/mol. The molecule has 1 heterocycles. The van der Waals surface area contributed by atoms with E-state index in [9.17, 15) is 5.11 Å². The van der Waals surface area contributed by atoms with Gasteiger partial charge in [-0.3, -0.25) is 4.67 Å².